The lowest BCUT2D eigenvalue weighted by molar-refractivity contribution is -0.119. The van der Waals surface area contributed by atoms with Gasteiger partial charge in [-0.15, -0.1) is 0 Å². The van der Waals surface area contributed by atoms with E-state index in [0.717, 1.165) is 21.2 Å². The van der Waals surface area contributed by atoms with Crippen LogP contribution < -0.4 is 10.2 Å². The fourth-order valence-corrected chi connectivity index (χ4v) is 3.86. The molecule has 206 valence electrons. The van der Waals surface area contributed by atoms with Crippen LogP contribution >= 0.6 is 0 Å². The van der Waals surface area contributed by atoms with Crippen molar-refractivity contribution in [3.63, 3.8) is 0 Å². The lowest BCUT2D eigenvalue weighted by Crippen LogP contribution is -2.48. The third kappa shape index (κ3) is 5.83. The molecule has 1 saturated heterocycles. The van der Waals surface area contributed by atoms with Gasteiger partial charge >= 0.3 is 5.97 Å². The molecule has 0 bridgehead atoms. The van der Waals surface area contributed by atoms with Crippen molar-refractivity contribution in [1.82, 2.24) is 9.80 Å². The van der Waals surface area contributed by atoms with Gasteiger partial charge in [-0.05, 0) is 54.4 Å². The molecule has 40 heavy (non-hydrogen) atoms. The molecule has 2 aliphatic heterocycles. The number of benzene rings is 3. The fourth-order valence-electron chi connectivity index (χ4n) is 3.86. The maximum absolute atomic E-state index is 13.8. The molecule has 2 amide bonds. The van der Waals surface area contributed by atoms with Crippen LogP contribution in [-0.4, -0.2) is 81.3 Å². The summed E-state index contributed by atoms with van der Waals surface area (Å²) >= 11 is 0. The van der Waals surface area contributed by atoms with Crippen molar-refractivity contribution in [1.29, 1.82) is 0 Å². The van der Waals surface area contributed by atoms with Gasteiger partial charge in [0.15, 0.2) is 0 Å². The first-order valence-corrected chi connectivity index (χ1v) is 11.7. The van der Waals surface area contributed by atoms with Crippen LogP contribution in [0.5, 0.6) is 0 Å². The maximum atomic E-state index is 13.8. The zero-order valence-corrected chi connectivity index (χ0v) is 21.5. The van der Waals surface area contributed by atoms with E-state index in [0.29, 0.717) is 4.90 Å². The number of hydrogen-bond donors (Lipinski definition) is 1. The number of carbonyl (C=O) groups is 3. The Balaban J connectivity index is 1.64. The number of nitrogens with zero attached hydrogens (tertiary/aromatic N) is 3. The number of ether oxygens (including phenoxy) is 1. The van der Waals surface area contributed by atoms with Crippen LogP contribution in [0.25, 0.3) is 11.1 Å². The number of fused-ring (bicyclic) bond motifs is 1. The number of hydrogen-bond acceptors (Lipinski definition) is 6. The molecule has 0 unspecified atom stereocenters. The summed E-state index contributed by atoms with van der Waals surface area (Å²) in [5, 5.41) is 2.39. The number of rotatable bonds is 7. The zero-order chi connectivity index (χ0) is 44.2. The quantitative estimate of drug-likeness (QED) is 0.352. The Bertz CT molecular complexity index is 2260. The Morgan fingerprint density at radius 1 is 1.05 bits per heavy atom. The highest BCUT2D eigenvalue weighted by Crippen LogP contribution is 2.39. The molecule has 0 radical (unpaired) electrons. The summed E-state index contributed by atoms with van der Waals surface area (Å²) in [7, 11) is 2.80. The molecule has 2 heterocycles. The molecule has 0 aromatic heterocycles. The lowest BCUT2D eigenvalue weighted by Gasteiger charge is -2.32. The molecule has 0 atom stereocenters. The number of nitrogens with one attached hydrogen (secondary N) is 1. The summed E-state index contributed by atoms with van der Waals surface area (Å²) in [6.07, 6.45) is -0.445. The van der Waals surface area contributed by atoms with Crippen LogP contribution in [0.15, 0.2) is 72.6 Å². The Morgan fingerprint density at radius 2 is 1.75 bits per heavy atom. The first kappa shape index (κ1) is 12.9. The van der Waals surface area contributed by atoms with E-state index < -0.39 is 127 Å². The second-order valence-corrected chi connectivity index (χ2v) is 8.46. The topological polar surface area (TPSA) is 82.2 Å². The SMILES string of the molecule is [2H]c1c([2H])c([2H])c(/C(Cc2ccc(N(C)C(=O)C([2H])([2H])N3C([2H])([2H])C([2H])([2H])N(C)C([2H])([2H])C3([2H])[2H])cc2)=C2/C(=O)Nc3c([2H])c(C(=O)OC)c([2H])c([2H])c32)c([2H])c1[2H]. The third-order valence-electron chi connectivity index (χ3n) is 5.90. The summed E-state index contributed by atoms with van der Waals surface area (Å²) in [5.41, 5.74) is -2.44. The first-order chi connectivity index (χ1) is 26.5. The lowest BCUT2D eigenvalue weighted by atomic mass is 9.90. The fraction of sp³-hybridized carbons (Fsp3) is 0.281. The average molecular weight is 557 g/mol. The van der Waals surface area contributed by atoms with Crippen LogP contribution in [0, 0.1) is 0 Å². The van der Waals surface area contributed by atoms with Gasteiger partial charge in [0.25, 0.3) is 5.91 Å². The Kier molecular flexibility index (Phi) is 3.83. The van der Waals surface area contributed by atoms with Crippen LogP contribution in [0.2, 0.25) is 0 Å². The molecular weight excluding hydrogens is 504 g/mol. The Labute approximate surface area is 260 Å². The van der Waals surface area contributed by atoms with Gasteiger partial charge < -0.3 is 19.9 Å². The molecule has 8 heteroatoms. The van der Waals surface area contributed by atoms with Gasteiger partial charge in [0, 0.05) is 60.9 Å². The van der Waals surface area contributed by atoms with Crippen molar-refractivity contribution < 1.29 is 43.8 Å². The van der Waals surface area contributed by atoms with E-state index in [9.17, 15) is 14.4 Å². The highest BCUT2D eigenvalue weighted by molar-refractivity contribution is 6.37. The summed E-state index contributed by atoms with van der Waals surface area (Å²) in [4.78, 5) is 40.3. The van der Waals surface area contributed by atoms with E-state index >= 15 is 0 Å². The largest absolute Gasteiger partial charge is 0.465 e. The third-order valence-corrected chi connectivity index (χ3v) is 5.90. The second kappa shape index (κ2) is 11.9. The van der Waals surface area contributed by atoms with Gasteiger partial charge in [0.05, 0.1) is 38.5 Å². The van der Waals surface area contributed by atoms with Crippen molar-refractivity contribution >= 4 is 40.3 Å². The predicted molar refractivity (Wildman–Crippen MR) is 157 cm³/mol. The average Bonchev–Trinajstić information content (AvgIpc) is 3.50. The Morgan fingerprint density at radius 3 is 2.42 bits per heavy atom. The number of methoxy groups -OCH3 is 1. The summed E-state index contributed by atoms with van der Waals surface area (Å²) in [6.45, 7) is -17.7. The van der Waals surface area contributed by atoms with Gasteiger partial charge in [-0.1, -0.05) is 48.4 Å². The first-order valence-electron chi connectivity index (χ1n) is 20.7. The number of piperazine rings is 1. The van der Waals surface area contributed by atoms with Crippen LogP contribution in [0.3, 0.4) is 0 Å². The van der Waals surface area contributed by atoms with Crippen LogP contribution in [-0.2, 0) is 20.7 Å². The van der Waals surface area contributed by atoms with E-state index in [-0.39, 0.29) is 33.0 Å². The van der Waals surface area contributed by atoms with E-state index in [1.807, 2.05) is 0 Å². The minimum Gasteiger partial charge on any atom is -0.465 e. The molecule has 1 fully saturated rings. The van der Waals surface area contributed by atoms with E-state index in [1.54, 1.807) is 0 Å². The van der Waals surface area contributed by atoms with Gasteiger partial charge in [-0.3, -0.25) is 14.5 Å². The van der Waals surface area contributed by atoms with Gasteiger partial charge in [-0.2, -0.15) is 0 Å². The standard InChI is InChI=1S/C32H34N4O4/c1-34-15-17-36(18-16-34)21-29(37)35(2)25-12-9-22(10-13-25)19-27(23-7-5-4-6-8-23)30-26-14-11-24(32(39)40-3)20-28(26)33-31(30)38/h4-14,20H,15-19,21H2,1-3H3,(H,33,38)/b30-27+/i4D,5D,6D,7D,8D,11D,14D,15D2,16D2,17D2,18D2,20D,21D2. The summed E-state index contributed by atoms with van der Waals surface area (Å²) in [5.74, 6) is -3.76. The second-order valence-electron chi connectivity index (χ2n) is 8.46. The normalized spacial score (nSPS) is 28.6. The highest BCUT2D eigenvalue weighted by Gasteiger charge is 2.29. The van der Waals surface area contributed by atoms with Gasteiger partial charge in [-0.25, -0.2) is 4.79 Å². The number of amides is 2. The number of carbonyl (C=O) groups excluding carboxylic acids is 3. The van der Waals surface area contributed by atoms with E-state index in [2.05, 4.69) is 10.1 Å². The number of likely N-dealkylation sites (N-methyl/N-ethyl adjacent to an activating group) is 2. The minimum atomic E-state index is -3.72. The number of esters is 1. The van der Waals surface area contributed by atoms with Crippen molar-refractivity contribution in [3.8, 4) is 0 Å². The molecule has 0 aliphatic carbocycles. The molecule has 2 aliphatic rings. The monoisotopic (exact) mass is 556 g/mol. The minimum absolute atomic E-state index is 0.110. The van der Waals surface area contributed by atoms with Crippen molar-refractivity contribution in [3.05, 3.63) is 94.9 Å². The highest BCUT2D eigenvalue weighted by atomic mass is 16.5. The van der Waals surface area contributed by atoms with E-state index in [1.165, 1.54) is 24.3 Å². The predicted octanol–water partition coefficient (Wildman–Crippen LogP) is 3.79. The van der Waals surface area contributed by atoms with Crippen LogP contribution in [0.1, 0.15) is 51.7 Å². The summed E-state index contributed by atoms with van der Waals surface area (Å²) < 4.78 is 156. The smallest absolute Gasteiger partial charge is 0.337 e. The number of anilines is 2. The maximum Gasteiger partial charge on any atom is 0.337 e. The van der Waals surface area contributed by atoms with Crippen LogP contribution in [0.4, 0.5) is 11.4 Å². The van der Waals surface area contributed by atoms with Crippen molar-refractivity contribution in [2.75, 3.05) is 63.9 Å². The molecule has 0 saturated carbocycles. The summed E-state index contributed by atoms with van der Waals surface area (Å²) in [6, 6.07) is -0.885. The van der Waals surface area contributed by atoms with Crippen molar-refractivity contribution in [2.45, 2.75) is 6.42 Å². The molecular formula is C32H34N4O4. The molecule has 5 rings (SSSR count). The molecule has 8 nitrogen and oxygen atoms in total. The van der Waals surface area contributed by atoms with Gasteiger partial charge in [0.2, 0.25) is 5.91 Å². The molecule has 0 spiro atoms. The van der Waals surface area contributed by atoms with E-state index in [4.69, 9.17) is 24.7 Å². The van der Waals surface area contributed by atoms with Gasteiger partial charge in [0.1, 0.15) is 0 Å². The molecule has 1 N–H and O–H groups in total. The zero-order valence-electron chi connectivity index (χ0n) is 39.5. The number of allylic oxidation sites excluding steroid dienone is 1. The van der Waals surface area contributed by atoms with Crippen molar-refractivity contribution in [2.24, 2.45) is 0 Å². The Hall–Kier alpha value is -4.27. The molecule has 3 aromatic rings. The molecule has 3 aromatic carbocycles.